The summed E-state index contributed by atoms with van der Waals surface area (Å²) in [6, 6.07) is 0.373. The average molecular weight is 1030 g/mol. The molecule has 0 radical (unpaired) electrons. The number of nitrogens with zero attached hydrogens (tertiary/aromatic N) is 1. The van der Waals surface area contributed by atoms with Crippen LogP contribution in [0.3, 0.4) is 0 Å². The maximum Gasteiger partial charge on any atom is 0.315 e. The van der Waals surface area contributed by atoms with Gasteiger partial charge in [0.1, 0.15) is 6.10 Å². The van der Waals surface area contributed by atoms with Gasteiger partial charge < -0.3 is 59.9 Å². The molecule has 17 atom stereocenters. The third-order valence-electron chi connectivity index (χ3n) is 20.8. The van der Waals surface area contributed by atoms with Crippen LogP contribution in [0.25, 0.3) is 0 Å². The van der Waals surface area contributed by atoms with Crippen LogP contribution in [0.15, 0.2) is 0 Å². The molecule has 0 aromatic carbocycles. The zero-order chi connectivity index (χ0) is 51.3. The van der Waals surface area contributed by atoms with Crippen molar-refractivity contribution in [2.75, 3.05) is 78.1 Å². The van der Waals surface area contributed by atoms with Crippen molar-refractivity contribution in [3.63, 3.8) is 0 Å². The second-order valence-corrected chi connectivity index (χ2v) is 26.6. The van der Waals surface area contributed by atoms with Crippen LogP contribution in [0.1, 0.15) is 139 Å². The maximum atomic E-state index is 12.7. The number of aliphatic hydroxyl groups excluding tert-OH is 1. The van der Waals surface area contributed by atoms with Gasteiger partial charge in [-0.2, -0.15) is 11.8 Å². The summed E-state index contributed by atoms with van der Waals surface area (Å²) in [4.78, 5) is 38.8. The van der Waals surface area contributed by atoms with Crippen molar-refractivity contribution < 1.29 is 53.0 Å². The predicted octanol–water partition coefficient (Wildman–Crippen LogP) is 5.40. The van der Waals surface area contributed by atoms with E-state index in [1.807, 2.05) is 32.5 Å². The van der Waals surface area contributed by atoms with Crippen LogP contribution in [-0.4, -0.2) is 171 Å². The number of fused-ring (bicyclic) bond motifs is 5. The first-order valence-corrected chi connectivity index (χ1v) is 29.4. The number of thioether (sulfide) groups is 1. The molecule has 5 saturated carbocycles. The van der Waals surface area contributed by atoms with Gasteiger partial charge in [0.15, 0.2) is 6.29 Å². The molecule has 4 aliphatic heterocycles. The highest BCUT2D eigenvalue weighted by atomic mass is 32.2. The van der Waals surface area contributed by atoms with Crippen LogP contribution in [0.4, 0.5) is 4.79 Å². The zero-order valence-electron chi connectivity index (χ0n) is 45.1. The van der Waals surface area contributed by atoms with E-state index in [0.29, 0.717) is 88.7 Å². The molecule has 5 aliphatic carbocycles. The minimum atomic E-state index is -1.04. The molecule has 2 spiro atoms. The number of unbranched alkanes of at least 4 members (excludes halogenated alkanes) is 1. The van der Waals surface area contributed by atoms with Crippen molar-refractivity contribution in [1.29, 1.82) is 0 Å². The SMILES string of the molecule is CCO[C@@H](C1C[C@@H](C)[C@H]2C(O1)[C@H](O)[C@@]1(C)C3CC[C@H]4C(C)(C)[C@@H](O[C@H]5CN(CCNC(=O)CCOCCOCCNC(=O)CCCC[C@@H]6SC[C@@H]7NC(=O)N[C@@H]76)CCO5)CC[C@@]45CC35CC[C@]21C)C(C)(C)O. The Kier molecular flexibility index (Phi) is 16.7. The standard InChI is InChI=1S/C55H93N5O11S/c1-9-68-48(51(5,6)65)36-30-34(2)44-46(70-36)47(63)53(8)39-15-14-38-50(3,4)40(16-18-54(38)33-55(39,54)20-19-52(44,53)7)71-43-31-60(24-27-69-43)23-21-56-42(62)17-25-66-28-29-67-26-22-57-41(61)13-11-10-12-37-45-35(32-72-37)58-49(64)59-45/h34-40,43-48,63,65H,9-33H2,1-8H3,(H,56,62)(H,57,61)(H2,58,59,64)/t34-,35+,36?,37+,38+,39?,40+,43+,44+,45+,46?,47+,48+,52-,53-,54-,55?/m1/s1. The average Bonchev–Trinajstić information content (AvgIpc) is 3.52. The number of carbonyl (C=O) groups excluding carboxylic acids is 3. The molecule has 9 aliphatic rings. The fraction of sp³-hybridized carbons (Fsp3) is 0.945. The fourth-order valence-electron chi connectivity index (χ4n) is 17.4. The Labute approximate surface area is 434 Å². The summed E-state index contributed by atoms with van der Waals surface area (Å²) in [6.07, 6.45) is 10.7. The van der Waals surface area contributed by atoms with Crippen LogP contribution < -0.4 is 21.3 Å². The van der Waals surface area contributed by atoms with E-state index in [9.17, 15) is 24.6 Å². The highest BCUT2D eigenvalue weighted by molar-refractivity contribution is 8.00. The highest BCUT2D eigenvalue weighted by Gasteiger charge is 2.84. The molecule has 4 heterocycles. The number of rotatable bonds is 23. The van der Waals surface area contributed by atoms with Crippen LogP contribution in [-0.2, 0) is 38.0 Å². The Morgan fingerprint density at radius 1 is 0.944 bits per heavy atom. The van der Waals surface area contributed by atoms with E-state index >= 15 is 0 Å². The second-order valence-electron chi connectivity index (χ2n) is 25.4. The van der Waals surface area contributed by atoms with Gasteiger partial charge in [-0.3, -0.25) is 14.5 Å². The van der Waals surface area contributed by atoms with E-state index in [4.69, 9.17) is 28.4 Å². The normalized spacial score (nSPS) is 42.2. The van der Waals surface area contributed by atoms with Crippen molar-refractivity contribution in [1.82, 2.24) is 26.2 Å². The number of aliphatic hydroxyl groups is 2. The molecule has 4 amide bonds. The summed E-state index contributed by atoms with van der Waals surface area (Å²) in [5.74, 6) is 2.56. The number of nitrogens with one attached hydrogen (secondary N) is 4. The lowest BCUT2D eigenvalue weighted by Crippen LogP contribution is -2.60. The molecule has 4 unspecified atom stereocenters. The molecule has 0 aromatic rings. The summed E-state index contributed by atoms with van der Waals surface area (Å²) in [5, 5.41) is 36.3. The summed E-state index contributed by atoms with van der Waals surface area (Å²) < 4.78 is 37.7. The second kappa shape index (κ2) is 21.9. The Hall–Kier alpha value is -1.80. The van der Waals surface area contributed by atoms with Crippen LogP contribution in [0.5, 0.6) is 0 Å². The van der Waals surface area contributed by atoms with Gasteiger partial charge in [-0.05, 0) is 130 Å². The van der Waals surface area contributed by atoms with E-state index in [2.05, 4.69) is 60.8 Å². The molecule has 410 valence electrons. The predicted molar refractivity (Wildman–Crippen MR) is 275 cm³/mol. The Morgan fingerprint density at radius 3 is 2.46 bits per heavy atom. The summed E-state index contributed by atoms with van der Waals surface area (Å²) >= 11 is 1.90. The van der Waals surface area contributed by atoms with E-state index in [1.54, 1.807) is 0 Å². The van der Waals surface area contributed by atoms with Crippen LogP contribution in [0, 0.1) is 50.7 Å². The first kappa shape index (κ1) is 55.0. The van der Waals surface area contributed by atoms with E-state index < -0.39 is 17.8 Å². The van der Waals surface area contributed by atoms with E-state index in [-0.39, 0.29) is 93.9 Å². The number of hydrogen-bond donors (Lipinski definition) is 6. The topological polar surface area (TPSA) is 198 Å². The first-order chi connectivity index (χ1) is 34.3. The Morgan fingerprint density at radius 2 is 1.68 bits per heavy atom. The van der Waals surface area contributed by atoms with Gasteiger partial charge in [-0.1, -0.05) is 41.0 Å². The maximum absolute atomic E-state index is 12.7. The molecule has 72 heavy (non-hydrogen) atoms. The highest BCUT2D eigenvalue weighted by Crippen LogP contribution is 2.89. The molecule has 9 fully saturated rings. The van der Waals surface area contributed by atoms with Crippen molar-refractivity contribution in [3.8, 4) is 0 Å². The molecule has 0 aromatic heterocycles. The van der Waals surface area contributed by atoms with Gasteiger partial charge in [0, 0.05) is 68.6 Å². The molecule has 17 heteroatoms. The number of ether oxygens (including phenoxy) is 6. The summed E-state index contributed by atoms with van der Waals surface area (Å²) in [6.45, 7) is 23.7. The number of amides is 4. The Balaban J connectivity index is 0.655. The summed E-state index contributed by atoms with van der Waals surface area (Å²) in [5.41, 5.74) is -0.825. The lowest BCUT2D eigenvalue weighted by Gasteiger charge is -2.64. The van der Waals surface area contributed by atoms with Crippen molar-refractivity contribution in [3.05, 3.63) is 0 Å². The van der Waals surface area contributed by atoms with Crippen LogP contribution >= 0.6 is 11.8 Å². The quantitative estimate of drug-likeness (QED) is 0.0563. The smallest absolute Gasteiger partial charge is 0.315 e. The largest absolute Gasteiger partial charge is 0.390 e. The number of urea groups is 1. The fourth-order valence-corrected chi connectivity index (χ4v) is 18.9. The number of carbonyl (C=O) groups is 3. The number of hydrogen-bond acceptors (Lipinski definition) is 13. The molecule has 0 bridgehead atoms. The van der Waals surface area contributed by atoms with Gasteiger partial charge in [0.05, 0.1) is 75.1 Å². The van der Waals surface area contributed by atoms with Crippen molar-refractivity contribution in [2.24, 2.45) is 50.7 Å². The minimum absolute atomic E-state index is 0.0191. The molecule has 9 rings (SSSR count). The first-order valence-electron chi connectivity index (χ1n) is 28.3. The van der Waals surface area contributed by atoms with Crippen LogP contribution in [0.2, 0.25) is 0 Å². The van der Waals surface area contributed by atoms with E-state index in [1.165, 1.54) is 19.3 Å². The van der Waals surface area contributed by atoms with Gasteiger partial charge in [-0.15, -0.1) is 0 Å². The van der Waals surface area contributed by atoms with E-state index in [0.717, 1.165) is 70.2 Å². The third kappa shape index (κ3) is 10.3. The van der Waals surface area contributed by atoms with Crippen molar-refractivity contribution in [2.45, 2.75) is 199 Å². The Bertz CT molecular complexity index is 1910. The zero-order valence-corrected chi connectivity index (χ0v) is 45.9. The molecular weight excluding hydrogens is 939 g/mol. The summed E-state index contributed by atoms with van der Waals surface area (Å²) in [7, 11) is 0. The molecular formula is C55H93N5O11S. The molecule has 4 saturated heterocycles. The molecule has 6 N–H and O–H groups in total. The van der Waals surface area contributed by atoms with Gasteiger partial charge >= 0.3 is 6.03 Å². The van der Waals surface area contributed by atoms with Gasteiger partial charge in [0.25, 0.3) is 0 Å². The lowest BCUT2D eigenvalue weighted by atomic mass is 9.41. The number of morpholine rings is 1. The van der Waals surface area contributed by atoms with Gasteiger partial charge in [0.2, 0.25) is 11.8 Å². The van der Waals surface area contributed by atoms with Gasteiger partial charge in [-0.25, -0.2) is 4.79 Å². The minimum Gasteiger partial charge on any atom is -0.390 e. The lowest BCUT2D eigenvalue weighted by molar-refractivity contribution is -0.248. The third-order valence-corrected chi connectivity index (χ3v) is 22.3. The molecule has 16 nitrogen and oxygen atoms in total. The monoisotopic (exact) mass is 1030 g/mol. The van der Waals surface area contributed by atoms with Crippen molar-refractivity contribution >= 4 is 29.6 Å².